The lowest BCUT2D eigenvalue weighted by atomic mass is 9.95. The van der Waals surface area contributed by atoms with Crippen LogP contribution in [0.1, 0.15) is 47.2 Å². The summed E-state index contributed by atoms with van der Waals surface area (Å²) >= 11 is 1.66. The molecule has 5 heteroatoms. The molecule has 132 valence electrons. The molecule has 2 aromatic heterocycles. The second-order valence-electron chi connectivity index (χ2n) is 6.98. The maximum atomic E-state index is 12.0. The fourth-order valence-electron chi connectivity index (χ4n) is 3.25. The number of hydrogen-bond donors (Lipinski definition) is 0. The molecule has 0 radical (unpaired) electrons. The molecule has 0 spiro atoms. The van der Waals surface area contributed by atoms with Gasteiger partial charge in [0.05, 0.1) is 10.7 Å². The van der Waals surface area contributed by atoms with Gasteiger partial charge in [0.2, 0.25) is 0 Å². The predicted octanol–water partition coefficient (Wildman–Crippen LogP) is 4.62. The Morgan fingerprint density at radius 3 is 2.60 bits per heavy atom. The molecule has 2 heterocycles. The third-order valence-electron chi connectivity index (χ3n) is 4.38. The van der Waals surface area contributed by atoms with E-state index in [1.165, 1.54) is 5.56 Å². The van der Waals surface area contributed by atoms with Crippen LogP contribution in [0.2, 0.25) is 0 Å². The highest BCUT2D eigenvalue weighted by Gasteiger charge is 2.13. The van der Waals surface area contributed by atoms with Crippen molar-refractivity contribution in [1.29, 1.82) is 0 Å². The molecule has 0 N–H and O–H groups in total. The first-order valence-electron chi connectivity index (χ1n) is 8.50. The highest BCUT2D eigenvalue weighted by atomic mass is 32.1. The fourth-order valence-corrected chi connectivity index (χ4v) is 3.85. The molecule has 0 atom stereocenters. The van der Waals surface area contributed by atoms with Crippen LogP contribution in [-0.4, -0.2) is 16.9 Å². The van der Waals surface area contributed by atoms with Crippen LogP contribution in [0.25, 0.3) is 11.0 Å². The van der Waals surface area contributed by atoms with E-state index in [4.69, 9.17) is 4.42 Å². The molecule has 0 fully saturated rings. The maximum absolute atomic E-state index is 12.0. The van der Waals surface area contributed by atoms with Crippen molar-refractivity contribution in [1.82, 2.24) is 9.88 Å². The Labute approximate surface area is 152 Å². The van der Waals surface area contributed by atoms with Gasteiger partial charge in [-0.05, 0) is 55.6 Å². The van der Waals surface area contributed by atoms with Crippen molar-refractivity contribution in [3.05, 3.63) is 61.4 Å². The maximum Gasteiger partial charge on any atom is 0.336 e. The third kappa shape index (κ3) is 3.99. The highest BCUT2D eigenvalue weighted by molar-refractivity contribution is 7.09. The molecule has 3 aromatic rings. The number of rotatable bonds is 5. The van der Waals surface area contributed by atoms with Gasteiger partial charge in [0.1, 0.15) is 5.58 Å². The molecule has 25 heavy (non-hydrogen) atoms. The van der Waals surface area contributed by atoms with Crippen LogP contribution in [0.15, 0.2) is 32.8 Å². The number of fused-ring (bicyclic) bond motifs is 1. The van der Waals surface area contributed by atoms with Crippen molar-refractivity contribution in [2.45, 2.75) is 46.7 Å². The molecule has 0 aliphatic heterocycles. The number of benzene rings is 1. The average Bonchev–Trinajstić information content (AvgIpc) is 2.90. The van der Waals surface area contributed by atoms with Gasteiger partial charge in [-0.2, -0.15) is 0 Å². The monoisotopic (exact) mass is 356 g/mol. The standard InChI is InChI=1S/C20H24N2O2S/c1-12(2)17-8-18-15(7-20(23)24-19(18)6-13(17)3)9-22(5)10-16-11-25-14(4)21-16/h6-8,11-12H,9-10H2,1-5H3. The lowest BCUT2D eigenvalue weighted by Crippen LogP contribution is -2.18. The Balaban J connectivity index is 1.96. The SMILES string of the molecule is Cc1nc(CN(C)Cc2cc(=O)oc3cc(C)c(C(C)C)cc23)cs1. The van der Waals surface area contributed by atoms with Crippen LogP contribution in [0.3, 0.4) is 0 Å². The van der Waals surface area contributed by atoms with Gasteiger partial charge in [-0.25, -0.2) is 9.78 Å². The molecule has 3 rings (SSSR count). The van der Waals surface area contributed by atoms with Crippen LogP contribution < -0.4 is 5.63 Å². The largest absolute Gasteiger partial charge is 0.423 e. The average molecular weight is 356 g/mol. The molecule has 1 aromatic carbocycles. The first-order chi connectivity index (χ1) is 11.8. The molecular weight excluding hydrogens is 332 g/mol. The number of aryl methyl sites for hydroxylation is 2. The van der Waals surface area contributed by atoms with Crippen molar-refractivity contribution < 1.29 is 4.42 Å². The molecule has 0 bridgehead atoms. The lowest BCUT2D eigenvalue weighted by molar-refractivity contribution is 0.316. The molecule has 0 amide bonds. The summed E-state index contributed by atoms with van der Waals surface area (Å²) in [6, 6.07) is 5.78. The summed E-state index contributed by atoms with van der Waals surface area (Å²) in [7, 11) is 2.05. The zero-order valence-electron chi connectivity index (χ0n) is 15.4. The number of aromatic nitrogens is 1. The summed E-state index contributed by atoms with van der Waals surface area (Å²) in [6.45, 7) is 9.89. The number of thiazole rings is 1. The zero-order chi connectivity index (χ0) is 18.1. The predicted molar refractivity (Wildman–Crippen MR) is 103 cm³/mol. The van der Waals surface area contributed by atoms with Crippen LogP contribution in [0, 0.1) is 13.8 Å². The van der Waals surface area contributed by atoms with Crippen molar-refractivity contribution in [3.8, 4) is 0 Å². The van der Waals surface area contributed by atoms with Gasteiger partial charge in [0, 0.05) is 29.9 Å². The molecular formula is C20H24N2O2S. The van der Waals surface area contributed by atoms with E-state index in [0.717, 1.165) is 33.8 Å². The zero-order valence-corrected chi connectivity index (χ0v) is 16.2. The minimum Gasteiger partial charge on any atom is -0.423 e. The van der Waals surface area contributed by atoms with E-state index in [2.05, 4.69) is 42.1 Å². The summed E-state index contributed by atoms with van der Waals surface area (Å²) < 4.78 is 5.44. The first-order valence-corrected chi connectivity index (χ1v) is 9.38. The van der Waals surface area contributed by atoms with Crippen LogP contribution in [0.5, 0.6) is 0 Å². The Bertz CT molecular complexity index is 956. The molecule has 0 unspecified atom stereocenters. The normalized spacial score (nSPS) is 11.8. The van der Waals surface area contributed by atoms with Gasteiger partial charge >= 0.3 is 5.63 Å². The summed E-state index contributed by atoms with van der Waals surface area (Å²) in [5.74, 6) is 0.430. The smallest absolute Gasteiger partial charge is 0.336 e. The van der Waals surface area contributed by atoms with E-state index in [9.17, 15) is 4.79 Å². The summed E-state index contributed by atoms with van der Waals surface area (Å²) in [5, 5.41) is 4.19. The highest BCUT2D eigenvalue weighted by Crippen LogP contribution is 2.27. The first kappa shape index (κ1) is 17.8. The minimum absolute atomic E-state index is 0.294. The van der Waals surface area contributed by atoms with E-state index in [0.29, 0.717) is 18.0 Å². The van der Waals surface area contributed by atoms with E-state index >= 15 is 0 Å². The second kappa shape index (κ2) is 7.10. The van der Waals surface area contributed by atoms with Crippen LogP contribution in [-0.2, 0) is 13.1 Å². The van der Waals surface area contributed by atoms with Crippen molar-refractivity contribution in [3.63, 3.8) is 0 Å². The Hall–Kier alpha value is -1.98. The third-order valence-corrected chi connectivity index (χ3v) is 5.20. The quantitative estimate of drug-likeness (QED) is 0.626. The summed E-state index contributed by atoms with van der Waals surface area (Å²) in [4.78, 5) is 18.7. The van der Waals surface area contributed by atoms with Gasteiger partial charge < -0.3 is 4.42 Å². The van der Waals surface area contributed by atoms with Crippen LogP contribution >= 0.6 is 11.3 Å². The van der Waals surface area contributed by atoms with E-state index in [1.54, 1.807) is 17.4 Å². The summed E-state index contributed by atoms with van der Waals surface area (Å²) in [5.41, 5.74) is 4.90. The number of hydrogen-bond acceptors (Lipinski definition) is 5. The van der Waals surface area contributed by atoms with Crippen molar-refractivity contribution in [2.24, 2.45) is 0 Å². The van der Waals surface area contributed by atoms with Gasteiger partial charge in [-0.3, -0.25) is 4.90 Å². The minimum atomic E-state index is -0.294. The molecule has 0 saturated heterocycles. The Kier molecular flexibility index (Phi) is 5.06. The van der Waals surface area contributed by atoms with Crippen LogP contribution in [0.4, 0.5) is 0 Å². The number of nitrogens with zero attached hydrogens (tertiary/aromatic N) is 2. The van der Waals surface area contributed by atoms with Gasteiger partial charge in [-0.15, -0.1) is 11.3 Å². The van der Waals surface area contributed by atoms with Gasteiger partial charge in [0.15, 0.2) is 0 Å². The second-order valence-corrected chi connectivity index (χ2v) is 8.04. The van der Waals surface area contributed by atoms with Crippen molar-refractivity contribution >= 4 is 22.3 Å². The van der Waals surface area contributed by atoms with E-state index < -0.39 is 0 Å². The summed E-state index contributed by atoms with van der Waals surface area (Å²) in [6.07, 6.45) is 0. The fraction of sp³-hybridized carbons (Fsp3) is 0.400. The molecule has 0 saturated carbocycles. The van der Waals surface area contributed by atoms with Gasteiger partial charge in [-0.1, -0.05) is 13.8 Å². The topological polar surface area (TPSA) is 46.3 Å². The Morgan fingerprint density at radius 2 is 1.96 bits per heavy atom. The lowest BCUT2D eigenvalue weighted by Gasteiger charge is -2.18. The molecule has 0 aliphatic rings. The molecule has 0 aliphatic carbocycles. The van der Waals surface area contributed by atoms with Crippen molar-refractivity contribution in [2.75, 3.05) is 7.05 Å². The Morgan fingerprint density at radius 1 is 1.20 bits per heavy atom. The van der Waals surface area contributed by atoms with Gasteiger partial charge in [0.25, 0.3) is 0 Å². The van der Waals surface area contributed by atoms with E-state index in [-0.39, 0.29) is 5.63 Å². The van der Waals surface area contributed by atoms with E-state index in [1.807, 2.05) is 20.0 Å². The molecule has 4 nitrogen and oxygen atoms in total.